The van der Waals surface area contributed by atoms with Gasteiger partial charge in [-0.25, -0.2) is 17.6 Å². The van der Waals surface area contributed by atoms with E-state index in [1.807, 2.05) is 0 Å². The van der Waals surface area contributed by atoms with E-state index in [9.17, 15) is 17.6 Å². The molecule has 0 aliphatic heterocycles. The highest BCUT2D eigenvalue weighted by atomic mass is 79.9. The molecule has 0 saturated carbocycles. The van der Waals surface area contributed by atoms with E-state index in [4.69, 9.17) is 0 Å². The van der Waals surface area contributed by atoms with Crippen molar-refractivity contribution in [2.75, 3.05) is 6.54 Å². The van der Waals surface area contributed by atoms with Crippen molar-refractivity contribution in [1.82, 2.24) is 5.32 Å². The Morgan fingerprint density at radius 1 is 0.952 bits per heavy atom. The Morgan fingerprint density at radius 3 is 2.14 bits per heavy atom. The van der Waals surface area contributed by atoms with Crippen LogP contribution in [-0.4, -0.2) is 6.54 Å². The van der Waals surface area contributed by atoms with Crippen LogP contribution in [0.1, 0.15) is 24.1 Å². The molecule has 0 radical (unpaired) electrons. The van der Waals surface area contributed by atoms with Crippen LogP contribution in [0.15, 0.2) is 34.8 Å². The smallest absolute Gasteiger partial charge is 0.137 e. The second-order valence-electron chi connectivity index (χ2n) is 4.48. The van der Waals surface area contributed by atoms with Gasteiger partial charge in [-0.05, 0) is 52.3 Å². The van der Waals surface area contributed by atoms with Gasteiger partial charge in [0.25, 0.3) is 0 Å². The standard InChI is InChI=1S/C15H12BrF4N/c1-2-21-15(8-3-9(17)5-10(18)4-8)11-6-14(20)12(16)7-13(11)19/h3-7,15,21H,2H2,1H3. The fourth-order valence-corrected chi connectivity index (χ4v) is 2.43. The summed E-state index contributed by atoms with van der Waals surface area (Å²) in [6, 6.07) is 4.07. The van der Waals surface area contributed by atoms with E-state index in [0.29, 0.717) is 6.54 Å². The summed E-state index contributed by atoms with van der Waals surface area (Å²) in [7, 11) is 0. The lowest BCUT2D eigenvalue weighted by atomic mass is 9.97. The minimum Gasteiger partial charge on any atom is -0.306 e. The molecule has 0 saturated heterocycles. The van der Waals surface area contributed by atoms with Crippen LogP contribution in [0, 0.1) is 23.3 Å². The zero-order valence-corrected chi connectivity index (χ0v) is 12.6. The largest absolute Gasteiger partial charge is 0.306 e. The van der Waals surface area contributed by atoms with Crippen LogP contribution in [0.25, 0.3) is 0 Å². The van der Waals surface area contributed by atoms with E-state index in [1.165, 1.54) is 0 Å². The van der Waals surface area contributed by atoms with Crippen molar-refractivity contribution in [2.24, 2.45) is 0 Å². The number of halogens is 5. The molecule has 0 spiro atoms. The first-order valence-corrected chi connectivity index (χ1v) is 7.05. The van der Waals surface area contributed by atoms with Gasteiger partial charge < -0.3 is 5.32 Å². The van der Waals surface area contributed by atoms with Crippen LogP contribution in [0.4, 0.5) is 17.6 Å². The molecule has 2 aromatic rings. The number of hydrogen-bond acceptors (Lipinski definition) is 1. The summed E-state index contributed by atoms with van der Waals surface area (Å²) in [4.78, 5) is 0. The quantitative estimate of drug-likeness (QED) is 0.614. The Bertz CT molecular complexity index is 640. The molecule has 6 heteroatoms. The van der Waals surface area contributed by atoms with Crippen molar-refractivity contribution in [2.45, 2.75) is 13.0 Å². The number of nitrogens with one attached hydrogen (secondary N) is 1. The first-order chi connectivity index (χ1) is 9.92. The van der Waals surface area contributed by atoms with E-state index in [-0.39, 0.29) is 15.6 Å². The molecular formula is C15H12BrF4N. The fraction of sp³-hybridized carbons (Fsp3) is 0.200. The molecule has 112 valence electrons. The van der Waals surface area contributed by atoms with Crippen LogP contribution in [0.5, 0.6) is 0 Å². The molecule has 0 aliphatic rings. The van der Waals surface area contributed by atoms with Crippen molar-refractivity contribution >= 4 is 15.9 Å². The molecule has 0 aliphatic carbocycles. The second-order valence-corrected chi connectivity index (χ2v) is 5.34. The Morgan fingerprint density at radius 2 is 1.57 bits per heavy atom. The molecule has 2 rings (SSSR count). The molecule has 21 heavy (non-hydrogen) atoms. The minimum atomic E-state index is -0.845. The van der Waals surface area contributed by atoms with E-state index >= 15 is 0 Å². The predicted octanol–water partition coefficient (Wildman–Crippen LogP) is 4.70. The lowest BCUT2D eigenvalue weighted by molar-refractivity contribution is 0.532. The molecular weight excluding hydrogens is 350 g/mol. The highest BCUT2D eigenvalue weighted by molar-refractivity contribution is 9.10. The Balaban J connectivity index is 2.55. The fourth-order valence-electron chi connectivity index (χ4n) is 2.11. The van der Waals surface area contributed by atoms with Gasteiger partial charge in [-0.1, -0.05) is 6.92 Å². The molecule has 0 heterocycles. The molecule has 0 aromatic heterocycles. The average Bonchev–Trinajstić information content (AvgIpc) is 2.39. The SMILES string of the molecule is CCNC(c1cc(F)cc(F)c1)c1cc(F)c(Br)cc1F. The molecule has 2 aromatic carbocycles. The van der Waals surface area contributed by atoms with Crippen LogP contribution < -0.4 is 5.32 Å². The summed E-state index contributed by atoms with van der Waals surface area (Å²) in [5, 5.41) is 2.90. The maximum Gasteiger partial charge on any atom is 0.137 e. The van der Waals surface area contributed by atoms with Crippen molar-refractivity contribution in [1.29, 1.82) is 0 Å². The topological polar surface area (TPSA) is 12.0 Å². The third-order valence-corrected chi connectivity index (χ3v) is 3.58. The summed E-state index contributed by atoms with van der Waals surface area (Å²) in [5.41, 5.74) is 0.178. The maximum atomic E-state index is 14.1. The Hall–Kier alpha value is -1.40. The van der Waals surface area contributed by atoms with Gasteiger partial charge in [0, 0.05) is 11.6 Å². The minimum absolute atomic E-state index is 0.00980. The number of rotatable bonds is 4. The van der Waals surface area contributed by atoms with Gasteiger partial charge >= 0.3 is 0 Å². The first kappa shape index (κ1) is 16.0. The van der Waals surface area contributed by atoms with Gasteiger partial charge in [-0.2, -0.15) is 0 Å². The number of hydrogen-bond donors (Lipinski definition) is 1. The zero-order valence-electron chi connectivity index (χ0n) is 11.1. The molecule has 0 amide bonds. The van der Waals surface area contributed by atoms with Crippen LogP contribution in [0.3, 0.4) is 0 Å². The Kier molecular flexibility index (Phi) is 5.00. The lowest BCUT2D eigenvalue weighted by Gasteiger charge is -2.20. The first-order valence-electron chi connectivity index (χ1n) is 6.26. The van der Waals surface area contributed by atoms with Crippen molar-refractivity contribution < 1.29 is 17.6 Å². The summed E-state index contributed by atoms with van der Waals surface area (Å²) in [5.74, 6) is -2.86. The van der Waals surface area contributed by atoms with E-state index in [0.717, 1.165) is 30.3 Å². The molecule has 1 unspecified atom stereocenters. The molecule has 1 atom stereocenters. The van der Waals surface area contributed by atoms with Gasteiger partial charge in [0.15, 0.2) is 0 Å². The predicted molar refractivity (Wildman–Crippen MR) is 75.9 cm³/mol. The van der Waals surface area contributed by atoms with Crippen LogP contribution in [-0.2, 0) is 0 Å². The van der Waals surface area contributed by atoms with Gasteiger partial charge in [-0.3, -0.25) is 0 Å². The molecule has 0 fully saturated rings. The van der Waals surface area contributed by atoms with Crippen LogP contribution in [0.2, 0.25) is 0 Å². The van der Waals surface area contributed by atoms with E-state index in [1.54, 1.807) is 6.92 Å². The Labute approximate surface area is 128 Å². The van der Waals surface area contributed by atoms with Crippen molar-refractivity contribution in [3.05, 3.63) is 69.2 Å². The summed E-state index contributed by atoms with van der Waals surface area (Å²) < 4.78 is 54.4. The normalized spacial score (nSPS) is 12.5. The molecule has 1 N–H and O–H groups in total. The maximum absolute atomic E-state index is 14.1. The summed E-state index contributed by atoms with van der Waals surface area (Å²) in [6.45, 7) is 2.18. The molecule has 1 nitrogen and oxygen atoms in total. The van der Waals surface area contributed by atoms with Gasteiger partial charge in [0.2, 0.25) is 0 Å². The average molecular weight is 362 g/mol. The third kappa shape index (κ3) is 3.63. The summed E-state index contributed by atoms with van der Waals surface area (Å²) in [6.07, 6.45) is 0. The monoisotopic (exact) mass is 361 g/mol. The highest BCUT2D eigenvalue weighted by Gasteiger charge is 2.20. The van der Waals surface area contributed by atoms with Gasteiger partial charge in [0.05, 0.1) is 10.5 Å². The van der Waals surface area contributed by atoms with Crippen molar-refractivity contribution in [3.63, 3.8) is 0 Å². The zero-order chi connectivity index (χ0) is 15.6. The van der Waals surface area contributed by atoms with E-state index < -0.39 is 29.3 Å². The number of benzene rings is 2. The van der Waals surface area contributed by atoms with E-state index in [2.05, 4.69) is 21.2 Å². The third-order valence-electron chi connectivity index (χ3n) is 2.98. The molecule has 0 bridgehead atoms. The summed E-state index contributed by atoms with van der Waals surface area (Å²) >= 11 is 2.89. The second kappa shape index (κ2) is 6.58. The highest BCUT2D eigenvalue weighted by Crippen LogP contribution is 2.29. The van der Waals surface area contributed by atoms with Crippen molar-refractivity contribution in [3.8, 4) is 0 Å². The van der Waals surface area contributed by atoms with Crippen LogP contribution >= 0.6 is 15.9 Å². The lowest BCUT2D eigenvalue weighted by Crippen LogP contribution is -2.23. The van der Waals surface area contributed by atoms with Gasteiger partial charge in [-0.15, -0.1) is 0 Å². The van der Waals surface area contributed by atoms with Gasteiger partial charge in [0.1, 0.15) is 23.3 Å².